The smallest absolute Gasteiger partial charge is 0.292 e. The second kappa shape index (κ2) is 8.67. The SMILES string of the molecule is CCc1cc(C(=O)N(CCOc2ccccc2)C[C@@H]2CCCO2)on1. The molecule has 6 nitrogen and oxygen atoms in total. The molecule has 1 aliphatic rings. The second-order valence-electron chi connectivity index (χ2n) is 6.08. The second-order valence-corrected chi connectivity index (χ2v) is 6.08. The highest BCUT2D eigenvalue weighted by molar-refractivity contribution is 5.91. The van der Waals surface area contributed by atoms with Crippen LogP contribution in [0.15, 0.2) is 40.9 Å². The van der Waals surface area contributed by atoms with E-state index in [9.17, 15) is 4.79 Å². The van der Waals surface area contributed by atoms with Crippen LogP contribution in [0, 0.1) is 0 Å². The van der Waals surface area contributed by atoms with Crippen LogP contribution in [0.2, 0.25) is 0 Å². The molecule has 1 aromatic carbocycles. The molecule has 1 aliphatic heterocycles. The Morgan fingerprint density at radius 2 is 2.20 bits per heavy atom. The molecule has 0 aliphatic carbocycles. The van der Waals surface area contributed by atoms with Crippen LogP contribution in [0.1, 0.15) is 36.0 Å². The minimum absolute atomic E-state index is 0.0780. The summed E-state index contributed by atoms with van der Waals surface area (Å²) >= 11 is 0. The third-order valence-corrected chi connectivity index (χ3v) is 4.24. The summed E-state index contributed by atoms with van der Waals surface area (Å²) in [6.45, 7) is 4.16. The van der Waals surface area contributed by atoms with E-state index >= 15 is 0 Å². The van der Waals surface area contributed by atoms with Gasteiger partial charge < -0.3 is 18.9 Å². The van der Waals surface area contributed by atoms with Gasteiger partial charge in [-0.2, -0.15) is 0 Å². The Labute approximate surface area is 147 Å². The molecule has 6 heteroatoms. The molecule has 3 rings (SSSR count). The van der Waals surface area contributed by atoms with E-state index in [4.69, 9.17) is 14.0 Å². The molecule has 0 bridgehead atoms. The molecule has 1 atom stereocenters. The quantitative estimate of drug-likeness (QED) is 0.737. The molecule has 134 valence electrons. The first-order valence-electron chi connectivity index (χ1n) is 8.80. The molecule has 0 radical (unpaired) electrons. The van der Waals surface area contributed by atoms with E-state index < -0.39 is 0 Å². The number of aromatic nitrogens is 1. The minimum atomic E-state index is -0.167. The molecule has 0 spiro atoms. The average Bonchev–Trinajstić information content (AvgIpc) is 3.33. The zero-order valence-corrected chi connectivity index (χ0v) is 14.5. The molecular weight excluding hydrogens is 320 g/mol. The summed E-state index contributed by atoms with van der Waals surface area (Å²) in [5.74, 6) is 0.897. The summed E-state index contributed by atoms with van der Waals surface area (Å²) in [4.78, 5) is 14.5. The Bertz CT molecular complexity index is 665. The Morgan fingerprint density at radius 3 is 2.88 bits per heavy atom. The van der Waals surface area contributed by atoms with E-state index in [-0.39, 0.29) is 17.8 Å². The first-order valence-corrected chi connectivity index (χ1v) is 8.80. The molecule has 1 aromatic heterocycles. The predicted molar refractivity (Wildman–Crippen MR) is 92.7 cm³/mol. The van der Waals surface area contributed by atoms with Gasteiger partial charge in [0.1, 0.15) is 12.4 Å². The number of amides is 1. The summed E-state index contributed by atoms with van der Waals surface area (Å²) in [6.07, 6.45) is 2.82. The fraction of sp³-hybridized carbons (Fsp3) is 0.474. The lowest BCUT2D eigenvalue weighted by Gasteiger charge is -2.24. The van der Waals surface area contributed by atoms with E-state index in [2.05, 4.69) is 5.16 Å². The molecule has 2 aromatic rings. The average molecular weight is 344 g/mol. The van der Waals surface area contributed by atoms with Crippen LogP contribution >= 0.6 is 0 Å². The van der Waals surface area contributed by atoms with Crippen molar-refractivity contribution in [2.75, 3.05) is 26.3 Å². The maximum atomic E-state index is 12.8. The van der Waals surface area contributed by atoms with Gasteiger partial charge >= 0.3 is 0 Å². The first kappa shape index (κ1) is 17.5. The molecule has 0 N–H and O–H groups in total. The number of rotatable bonds is 8. The highest BCUT2D eigenvalue weighted by Gasteiger charge is 2.25. The molecule has 2 heterocycles. The normalized spacial score (nSPS) is 16.8. The molecular formula is C19H24N2O4. The fourth-order valence-corrected chi connectivity index (χ4v) is 2.84. The zero-order valence-electron chi connectivity index (χ0n) is 14.5. The molecule has 1 saturated heterocycles. The number of para-hydroxylation sites is 1. The van der Waals surface area contributed by atoms with Crippen molar-refractivity contribution in [1.82, 2.24) is 10.1 Å². The largest absolute Gasteiger partial charge is 0.492 e. The summed E-state index contributed by atoms with van der Waals surface area (Å²) in [5.41, 5.74) is 0.779. The van der Waals surface area contributed by atoms with Crippen LogP contribution in [0.4, 0.5) is 0 Å². The van der Waals surface area contributed by atoms with Crippen molar-refractivity contribution in [3.8, 4) is 5.75 Å². The topological polar surface area (TPSA) is 64.8 Å². The van der Waals surface area contributed by atoms with E-state index in [1.165, 1.54) is 0 Å². The van der Waals surface area contributed by atoms with Crippen LogP contribution in [-0.2, 0) is 11.2 Å². The van der Waals surface area contributed by atoms with Crippen LogP contribution in [0.5, 0.6) is 5.75 Å². The Hall–Kier alpha value is -2.34. The van der Waals surface area contributed by atoms with Crippen molar-refractivity contribution in [3.63, 3.8) is 0 Å². The number of carbonyl (C=O) groups is 1. The lowest BCUT2D eigenvalue weighted by atomic mass is 10.2. The third-order valence-electron chi connectivity index (χ3n) is 4.24. The van der Waals surface area contributed by atoms with E-state index in [1.54, 1.807) is 11.0 Å². The summed E-state index contributed by atoms with van der Waals surface area (Å²) in [7, 11) is 0. The van der Waals surface area contributed by atoms with Crippen molar-refractivity contribution in [1.29, 1.82) is 0 Å². The maximum Gasteiger partial charge on any atom is 0.292 e. The lowest BCUT2D eigenvalue weighted by molar-refractivity contribution is 0.0464. The van der Waals surface area contributed by atoms with Crippen LogP contribution in [-0.4, -0.2) is 48.4 Å². The highest BCUT2D eigenvalue weighted by Crippen LogP contribution is 2.16. The third kappa shape index (κ3) is 4.82. The number of nitrogens with zero attached hydrogens (tertiary/aromatic N) is 2. The van der Waals surface area contributed by atoms with Crippen molar-refractivity contribution >= 4 is 5.91 Å². The highest BCUT2D eigenvalue weighted by atomic mass is 16.5. The van der Waals surface area contributed by atoms with Crippen LogP contribution in [0.25, 0.3) is 0 Å². The zero-order chi connectivity index (χ0) is 17.5. The van der Waals surface area contributed by atoms with Gasteiger partial charge in [-0.05, 0) is 31.4 Å². The van der Waals surface area contributed by atoms with Gasteiger partial charge in [0.05, 0.1) is 18.3 Å². The molecule has 0 saturated carbocycles. The number of ether oxygens (including phenoxy) is 2. The molecule has 1 fully saturated rings. The molecule has 0 unspecified atom stereocenters. The lowest BCUT2D eigenvalue weighted by Crippen LogP contribution is -2.39. The number of aryl methyl sites for hydroxylation is 1. The van der Waals surface area contributed by atoms with E-state index in [0.29, 0.717) is 19.7 Å². The van der Waals surface area contributed by atoms with Gasteiger partial charge in [0.25, 0.3) is 5.91 Å². The Kier molecular flexibility index (Phi) is 6.06. The van der Waals surface area contributed by atoms with Gasteiger partial charge in [-0.25, -0.2) is 0 Å². The fourth-order valence-electron chi connectivity index (χ4n) is 2.84. The van der Waals surface area contributed by atoms with E-state index in [1.807, 2.05) is 37.3 Å². The molecule has 25 heavy (non-hydrogen) atoms. The number of hydrogen-bond donors (Lipinski definition) is 0. The number of carbonyl (C=O) groups excluding carboxylic acids is 1. The summed E-state index contributed by atoms with van der Waals surface area (Å²) < 4.78 is 16.6. The van der Waals surface area contributed by atoms with Crippen molar-refractivity contribution in [3.05, 3.63) is 47.9 Å². The summed E-state index contributed by atoms with van der Waals surface area (Å²) in [5, 5.41) is 3.91. The first-order chi connectivity index (χ1) is 12.3. The van der Waals surface area contributed by atoms with Crippen molar-refractivity contribution < 1.29 is 18.8 Å². The number of benzene rings is 1. The van der Waals surface area contributed by atoms with Gasteiger partial charge in [-0.15, -0.1) is 0 Å². The van der Waals surface area contributed by atoms with Crippen molar-refractivity contribution in [2.24, 2.45) is 0 Å². The molecule has 1 amide bonds. The minimum Gasteiger partial charge on any atom is -0.492 e. The van der Waals surface area contributed by atoms with Gasteiger partial charge in [0.2, 0.25) is 5.76 Å². The van der Waals surface area contributed by atoms with Gasteiger partial charge in [-0.3, -0.25) is 4.79 Å². The van der Waals surface area contributed by atoms with E-state index in [0.717, 1.165) is 37.3 Å². The van der Waals surface area contributed by atoms with Crippen LogP contribution < -0.4 is 4.74 Å². The van der Waals surface area contributed by atoms with Gasteiger partial charge in [0, 0.05) is 19.2 Å². The standard InChI is InChI=1S/C19H24N2O4/c1-2-15-13-18(25-20-15)19(22)21(14-17-9-6-11-23-17)10-12-24-16-7-4-3-5-8-16/h3-5,7-8,13,17H,2,6,9-12,14H2,1H3/t17-/m0/s1. The van der Waals surface area contributed by atoms with Gasteiger partial charge in [0.15, 0.2) is 0 Å². The Morgan fingerprint density at radius 1 is 1.36 bits per heavy atom. The predicted octanol–water partition coefficient (Wildman–Crippen LogP) is 2.94. The monoisotopic (exact) mass is 344 g/mol. The van der Waals surface area contributed by atoms with Crippen LogP contribution in [0.3, 0.4) is 0 Å². The number of hydrogen-bond acceptors (Lipinski definition) is 5. The maximum absolute atomic E-state index is 12.8. The Balaban J connectivity index is 1.62. The summed E-state index contributed by atoms with van der Waals surface area (Å²) in [6, 6.07) is 11.3. The van der Waals surface area contributed by atoms with Crippen molar-refractivity contribution in [2.45, 2.75) is 32.3 Å². The van der Waals surface area contributed by atoms with Gasteiger partial charge in [-0.1, -0.05) is 30.3 Å².